The third-order valence-electron chi connectivity index (χ3n) is 3.51. The maximum Gasteiger partial charge on any atom is 0.264 e. The molecule has 1 fully saturated rings. The van der Waals surface area contributed by atoms with Gasteiger partial charge in [-0.3, -0.25) is 4.79 Å². The van der Waals surface area contributed by atoms with Crippen molar-refractivity contribution < 1.29 is 4.79 Å². The molecule has 0 aromatic heterocycles. The average Bonchev–Trinajstić information content (AvgIpc) is 2.44. The van der Waals surface area contributed by atoms with Gasteiger partial charge < -0.3 is 10.6 Å². The summed E-state index contributed by atoms with van der Waals surface area (Å²) in [6, 6.07) is 0. The summed E-state index contributed by atoms with van der Waals surface area (Å²) < 4.78 is -0.398. The summed E-state index contributed by atoms with van der Waals surface area (Å²) in [5.74, 6) is 0.590. The zero-order chi connectivity index (χ0) is 11.8. The van der Waals surface area contributed by atoms with Gasteiger partial charge in [-0.15, -0.1) is 0 Å². The fourth-order valence-corrected chi connectivity index (χ4v) is 3.50. The molecule has 0 unspecified atom stereocenters. The fourth-order valence-electron chi connectivity index (χ4n) is 2.46. The second kappa shape index (κ2) is 4.37. The van der Waals surface area contributed by atoms with Crippen molar-refractivity contribution in [1.82, 2.24) is 4.90 Å². The number of piperidine rings is 1. The Kier molecular flexibility index (Phi) is 3.26. The molecule has 0 radical (unpaired) electrons. The first-order chi connectivity index (χ1) is 7.49. The van der Waals surface area contributed by atoms with Gasteiger partial charge in [-0.25, -0.2) is 0 Å². The number of thioether (sulfide) groups is 1. The van der Waals surface area contributed by atoms with Crippen LogP contribution in [0.3, 0.4) is 0 Å². The van der Waals surface area contributed by atoms with E-state index in [-0.39, 0.29) is 5.91 Å². The second-order valence-electron chi connectivity index (χ2n) is 5.04. The number of likely N-dealkylation sites (tertiary alicyclic amines) is 1. The van der Waals surface area contributed by atoms with Gasteiger partial charge >= 0.3 is 0 Å². The van der Waals surface area contributed by atoms with Gasteiger partial charge in [-0.05, 0) is 52.2 Å². The molecule has 2 aliphatic heterocycles. The van der Waals surface area contributed by atoms with Crippen LogP contribution < -0.4 is 5.73 Å². The van der Waals surface area contributed by atoms with E-state index < -0.39 is 4.75 Å². The van der Waals surface area contributed by atoms with Crippen LogP contribution in [0.4, 0.5) is 0 Å². The Balaban J connectivity index is 1.93. The number of amidine groups is 1. The minimum absolute atomic E-state index is 0.0473. The molecule has 1 atom stereocenters. The van der Waals surface area contributed by atoms with E-state index in [2.05, 4.69) is 16.9 Å². The highest BCUT2D eigenvalue weighted by atomic mass is 32.2. The molecule has 1 amide bonds. The lowest BCUT2D eigenvalue weighted by atomic mass is 9.87. The Hall–Kier alpha value is -0.550. The number of carbonyl (C=O) groups is 1. The summed E-state index contributed by atoms with van der Waals surface area (Å²) in [4.78, 5) is 17.9. The molecule has 0 saturated carbocycles. The monoisotopic (exact) mass is 241 g/mol. The molecule has 0 spiro atoms. The lowest BCUT2D eigenvalue weighted by molar-refractivity contribution is -0.119. The van der Waals surface area contributed by atoms with Gasteiger partial charge in [0.1, 0.15) is 4.75 Å². The van der Waals surface area contributed by atoms with E-state index in [1.54, 1.807) is 0 Å². The number of carbonyl (C=O) groups excluding carboxylic acids is 1. The van der Waals surface area contributed by atoms with Crippen molar-refractivity contribution in [2.24, 2.45) is 16.6 Å². The van der Waals surface area contributed by atoms with E-state index in [1.165, 1.54) is 24.6 Å². The van der Waals surface area contributed by atoms with E-state index in [9.17, 15) is 4.79 Å². The average molecular weight is 241 g/mol. The van der Waals surface area contributed by atoms with E-state index in [1.807, 2.05) is 6.92 Å². The van der Waals surface area contributed by atoms with Gasteiger partial charge in [0.2, 0.25) is 0 Å². The summed E-state index contributed by atoms with van der Waals surface area (Å²) in [7, 11) is 2.15. The summed E-state index contributed by atoms with van der Waals surface area (Å²) >= 11 is 1.44. The first-order valence-electron chi connectivity index (χ1n) is 5.76. The van der Waals surface area contributed by atoms with Crippen molar-refractivity contribution in [2.75, 3.05) is 20.1 Å². The molecule has 2 heterocycles. The van der Waals surface area contributed by atoms with Gasteiger partial charge in [0.15, 0.2) is 5.17 Å². The summed E-state index contributed by atoms with van der Waals surface area (Å²) in [5.41, 5.74) is 5.61. The van der Waals surface area contributed by atoms with Crippen molar-refractivity contribution in [3.8, 4) is 0 Å². The highest BCUT2D eigenvalue weighted by Crippen LogP contribution is 2.39. The largest absolute Gasteiger partial charge is 0.378 e. The molecule has 0 aliphatic carbocycles. The number of amides is 1. The Morgan fingerprint density at radius 3 is 2.69 bits per heavy atom. The Bertz CT molecular complexity index is 323. The third kappa shape index (κ3) is 2.40. The molecule has 2 N–H and O–H groups in total. The number of nitrogens with two attached hydrogens (primary N) is 1. The van der Waals surface area contributed by atoms with Crippen LogP contribution in [0.2, 0.25) is 0 Å². The van der Waals surface area contributed by atoms with Crippen molar-refractivity contribution >= 4 is 22.8 Å². The number of hydrogen-bond donors (Lipinski definition) is 1. The van der Waals surface area contributed by atoms with E-state index in [0.29, 0.717) is 11.1 Å². The fraction of sp³-hybridized carbons (Fsp3) is 0.818. The molecule has 2 aliphatic rings. The molecule has 5 heteroatoms. The maximum absolute atomic E-state index is 11.7. The molecule has 2 rings (SSSR count). The number of hydrogen-bond acceptors (Lipinski definition) is 4. The van der Waals surface area contributed by atoms with Gasteiger partial charge in [-0.2, -0.15) is 4.99 Å². The predicted molar refractivity (Wildman–Crippen MR) is 67.5 cm³/mol. The Labute approximate surface area is 101 Å². The highest BCUT2D eigenvalue weighted by molar-refractivity contribution is 8.16. The summed E-state index contributed by atoms with van der Waals surface area (Å²) in [5, 5.41) is 0.431. The number of nitrogens with zero attached hydrogens (tertiary/aromatic N) is 2. The van der Waals surface area contributed by atoms with E-state index >= 15 is 0 Å². The van der Waals surface area contributed by atoms with Crippen molar-refractivity contribution in [1.29, 1.82) is 0 Å². The van der Waals surface area contributed by atoms with Gasteiger partial charge in [0, 0.05) is 0 Å². The normalized spacial score (nSPS) is 33.1. The first-order valence-corrected chi connectivity index (χ1v) is 6.57. The maximum atomic E-state index is 11.7. The highest BCUT2D eigenvalue weighted by Gasteiger charge is 2.42. The molecular weight excluding hydrogens is 222 g/mol. The van der Waals surface area contributed by atoms with Crippen LogP contribution in [0, 0.1) is 5.92 Å². The lowest BCUT2D eigenvalue weighted by Gasteiger charge is -2.32. The third-order valence-corrected chi connectivity index (χ3v) is 4.60. The summed E-state index contributed by atoms with van der Waals surface area (Å²) in [6.07, 6.45) is 3.27. The van der Waals surface area contributed by atoms with E-state index in [0.717, 1.165) is 19.5 Å². The smallest absolute Gasteiger partial charge is 0.264 e. The van der Waals surface area contributed by atoms with Crippen molar-refractivity contribution in [2.45, 2.75) is 30.9 Å². The lowest BCUT2D eigenvalue weighted by Crippen LogP contribution is -2.36. The molecule has 16 heavy (non-hydrogen) atoms. The molecule has 1 saturated heterocycles. The molecule has 0 aromatic carbocycles. The van der Waals surface area contributed by atoms with Gasteiger partial charge in [0.05, 0.1) is 0 Å². The minimum atomic E-state index is -0.398. The minimum Gasteiger partial charge on any atom is -0.378 e. The summed E-state index contributed by atoms with van der Waals surface area (Å²) in [6.45, 7) is 4.24. The molecule has 90 valence electrons. The van der Waals surface area contributed by atoms with Crippen LogP contribution in [0.1, 0.15) is 26.2 Å². The standard InChI is InChI=1S/C11H19N3OS/c1-11(9(15)13-10(12)16-11)7-8-3-5-14(2)6-4-8/h8H,3-7H2,1-2H3,(H2,12,13,15)/t11-/m1/s1. The van der Waals surface area contributed by atoms with Gasteiger partial charge in [0.25, 0.3) is 5.91 Å². The first kappa shape index (κ1) is 11.9. The van der Waals surface area contributed by atoms with Crippen LogP contribution >= 0.6 is 11.8 Å². The zero-order valence-electron chi connectivity index (χ0n) is 9.90. The van der Waals surface area contributed by atoms with Crippen molar-refractivity contribution in [3.05, 3.63) is 0 Å². The molecular formula is C11H19N3OS. The van der Waals surface area contributed by atoms with Gasteiger partial charge in [-0.1, -0.05) is 11.8 Å². The van der Waals surface area contributed by atoms with Crippen LogP contribution in [-0.4, -0.2) is 40.9 Å². The Morgan fingerprint density at radius 2 is 2.19 bits per heavy atom. The Morgan fingerprint density at radius 1 is 1.56 bits per heavy atom. The number of rotatable bonds is 2. The quantitative estimate of drug-likeness (QED) is 0.785. The van der Waals surface area contributed by atoms with Crippen LogP contribution in [0.5, 0.6) is 0 Å². The topological polar surface area (TPSA) is 58.7 Å². The molecule has 0 bridgehead atoms. The molecule has 4 nitrogen and oxygen atoms in total. The predicted octanol–water partition coefficient (Wildman–Crippen LogP) is 1.07. The van der Waals surface area contributed by atoms with Crippen LogP contribution in [-0.2, 0) is 4.79 Å². The van der Waals surface area contributed by atoms with Crippen molar-refractivity contribution in [3.63, 3.8) is 0 Å². The second-order valence-corrected chi connectivity index (χ2v) is 6.56. The van der Waals surface area contributed by atoms with E-state index in [4.69, 9.17) is 5.73 Å². The zero-order valence-corrected chi connectivity index (χ0v) is 10.7. The molecule has 0 aromatic rings. The SMILES string of the molecule is CN1CCC(C[C@@]2(C)SC(N)=NC2=O)CC1. The number of aliphatic imine (C=N–C) groups is 1. The van der Waals surface area contributed by atoms with Crippen LogP contribution in [0.15, 0.2) is 4.99 Å². The van der Waals surface area contributed by atoms with Crippen LogP contribution in [0.25, 0.3) is 0 Å².